The highest BCUT2D eigenvalue weighted by molar-refractivity contribution is 5.30. The molecule has 1 aromatic heterocycles. The van der Waals surface area contributed by atoms with E-state index < -0.39 is 0 Å². The van der Waals surface area contributed by atoms with Crippen LogP contribution < -0.4 is 10.2 Å². The van der Waals surface area contributed by atoms with E-state index in [9.17, 15) is 0 Å². The van der Waals surface area contributed by atoms with Crippen LogP contribution in [0, 0.1) is 11.8 Å². The molecule has 1 fully saturated rings. The molecule has 3 unspecified atom stereocenters. The highest BCUT2D eigenvalue weighted by Gasteiger charge is 2.31. The molecule has 1 aliphatic heterocycles. The monoisotopic (exact) mass is 237 g/mol. The third-order valence-electron chi connectivity index (χ3n) is 3.74. The van der Waals surface area contributed by atoms with Crippen molar-refractivity contribution in [3.8, 4) is 0 Å². The lowest BCUT2D eigenvalue weighted by atomic mass is 9.86. The number of hydrogen-bond acceptors (Lipinski definition) is 4. The molecule has 17 heavy (non-hydrogen) atoms. The summed E-state index contributed by atoms with van der Waals surface area (Å²) >= 11 is 0. The van der Waals surface area contributed by atoms with E-state index in [1.54, 1.807) is 6.26 Å². The smallest absolute Gasteiger partial charge is 0.297 e. The van der Waals surface area contributed by atoms with Crippen molar-refractivity contribution in [1.82, 2.24) is 10.3 Å². The number of aromatic nitrogens is 1. The minimum absolute atomic E-state index is 0.507. The Morgan fingerprint density at radius 1 is 1.47 bits per heavy atom. The second kappa shape index (κ2) is 5.08. The molecule has 0 saturated carbocycles. The first-order valence-electron chi connectivity index (χ1n) is 6.47. The molecule has 2 heterocycles. The summed E-state index contributed by atoms with van der Waals surface area (Å²) in [4.78, 5) is 6.84. The van der Waals surface area contributed by atoms with Crippen LogP contribution in [0.25, 0.3) is 0 Å². The van der Waals surface area contributed by atoms with Gasteiger partial charge in [-0.1, -0.05) is 13.8 Å². The van der Waals surface area contributed by atoms with E-state index in [0.717, 1.165) is 24.8 Å². The molecule has 96 valence electrons. The maximum absolute atomic E-state index is 5.60. The predicted molar refractivity (Wildman–Crippen MR) is 69.0 cm³/mol. The molecule has 0 bridgehead atoms. The van der Waals surface area contributed by atoms with Gasteiger partial charge in [-0.3, -0.25) is 0 Å². The summed E-state index contributed by atoms with van der Waals surface area (Å²) in [5, 5.41) is 3.09. The van der Waals surface area contributed by atoms with Crippen molar-refractivity contribution in [2.45, 2.75) is 39.8 Å². The molecule has 2 rings (SSSR count). The summed E-state index contributed by atoms with van der Waals surface area (Å²) in [6.45, 7) is 8.68. The fourth-order valence-corrected chi connectivity index (χ4v) is 2.66. The van der Waals surface area contributed by atoms with Gasteiger partial charge in [0.15, 0.2) is 0 Å². The van der Waals surface area contributed by atoms with Crippen LogP contribution in [0.2, 0.25) is 0 Å². The molecule has 0 amide bonds. The van der Waals surface area contributed by atoms with Crippen LogP contribution in [0.4, 0.5) is 6.01 Å². The van der Waals surface area contributed by atoms with Crippen molar-refractivity contribution < 1.29 is 4.42 Å². The third-order valence-corrected chi connectivity index (χ3v) is 3.74. The van der Waals surface area contributed by atoms with Crippen LogP contribution in [-0.4, -0.2) is 24.6 Å². The Bertz CT molecular complexity index is 363. The first-order chi connectivity index (χ1) is 8.11. The molecule has 1 saturated heterocycles. The Morgan fingerprint density at radius 3 is 2.94 bits per heavy atom. The lowest BCUT2D eigenvalue weighted by molar-refractivity contribution is 0.283. The van der Waals surface area contributed by atoms with E-state index in [-0.39, 0.29) is 0 Å². The molecule has 1 N–H and O–H groups in total. The largest absolute Gasteiger partial charge is 0.432 e. The van der Waals surface area contributed by atoms with Gasteiger partial charge in [-0.15, -0.1) is 0 Å². The van der Waals surface area contributed by atoms with Gasteiger partial charge in [0.05, 0.1) is 5.69 Å². The van der Waals surface area contributed by atoms with Crippen LogP contribution in [0.5, 0.6) is 0 Å². The van der Waals surface area contributed by atoms with Crippen molar-refractivity contribution in [3.05, 3.63) is 12.0 Å². The van der Waals surface area contributed by atoms with Crippen LogP contribution >= 0.6 is 0 Å². The Labute approximate surface area is 103 Å². The van der Waals surface area contributed by atoms with Crippen molar-refractivity contribution in [2.75, 3.05) is 18.5 Å². The quantitative estimate of drug-likeness (QED) is 0.875. The molecular weight excluding hydrogens is 214 g/mol. The van der Waals surface area contributed by atoms with E-state index in [2.05, 4.69) is 36.0 Å². The number of nitrogens with zero attached hydrogens (tertiary/aromatic N) is 2. The minimum Gasteiger partial charge on any atom is -0.432 e. The Morgan fingerprint density at radius 2 is 2.24 bits per heavy atom. The van der Waals surface area contributed by atoms with Gasteiger partial charge in [-0.05, 0) is 32.2 Å². The zero-order valence-corrected chi connectivity index (χ0v) is 11.2. The second-order valence-corrected chi connectivity index (χ2v) is 5.36. The number of hydrogen-bond donors (Lipinski definition) is 1. The molecule has 0 spiro atoms. The van der Waals surface area contributed by atoms with E-state index in [0.29, 0.717) is 17.9 Å². The van der Waals surface area contributed by atoms with Gasteiger partial charge in [-0.25, -0.2) is 0 Å². The van der Waals surface area contributed by atoms with Gasteiger partial charge in [0.1, 0.15) is 6.26 Å². The Kier molecular flexibility index (Phi) is 3.72. The maximum atomic E-state index is 5.60. The predicted octanol–water partition coefficient (Wildman–Crippen LogP) is 2.26. The average molecular weight is 237 g/mol. The standard InChI is InChI=1S/C13H23N3O/c1-9-5-10(2)11(3)16(7-9)13-15-12(6-14-4)8-17-13/h8-11,14H,5-7H2,1-4H3. The fourth-order valence-electron chi connectivity index (χ4n) is 2.66. The zero-order chi connectivity index (χ0) is 12.4. The van der Waals surface area contributed by atoms with Gasteiger partial charge >= 0.3 is 0 Å². The Balaban J connectivity index is 2.13. The van der Waals surface area contributed by atoms with Crippen LogP contribution in [0.1, 0.15) is 32.9 Å². The van der Waals surface area contributed by atoms with Crippen molar-refractivity contribution in [2.24, 2.45) is 11.8 Å². The van der Waals surface area contributed by atoms with Crippen LogP contribution in [0.15, 0.2) is 10.7 Å². The molecule has 3 atom stereocenters. The molecule has 1 aromatic rings. The average Bonchev–Trinajstić information content (AvgIpc) is 2.72. The summed E-state index contributed by atoms with van der Waals surface area (Å²) in [6.07, 6.45) is 3.05. The highest BCUT2D eigenvalue weighted by Crippen LogP contribution is 2.30. The molecule has 0 radical (unpaired) electrons. The summed E-state index contributed by atoms with van der Waals surface area (Å²) in [5.74, 6) is 1.40. The Hall–Kier alpha value is -1.03. The van der Waals surface area contributed by atoms with Gasteiger partial charge in [-0.2, -0.15) is 4.98 Å². The molecule has 0 aromatic carbocycles. The van der Waals surface area contributed by atoms with Crippen molar-refractivity contribution in [3.63, 3.8) is 0 Å². The van der Waals surface area contributed by atoms with Gasteiger partial charge < -0.3 is 14.6 Å². The number of nitrogens with one attached hydrogen (secondary N) is 1. The van der Waals surface area contributed by atoms with Gasteiger partial charge in [0, 0.05) is 19.1 Å². The minimum atomic E-state index is 0.507. The molecule has 1 aliphatic rings. The van der Waals surface area contributed by atoms with E-state index in [4.69, 9.17) is 4.42 Å². The lowest BCUT2D eigenvalue weighted by Gasteiger charge is -2.40. The maximum Gasteiger partial charge on any atom is 0.297 e. The van der Waals surface area contributed by atoms with Crippen molar-refractivity contribution >= 4 is 6.01 Å². The number of anilines is 1. The SMILES string of the molecule is CNCc1coc(N2CC(C)CC(C)C2C)n1. The third kappa shape index (κ3) is 2.63. The normalized spacial score (nSPS) is 29.6. The molecular formula is C13H23N3O. The fraction of sp³-hybridized carbons (Fsp3) is 0.769. The zero-order valence-electron chi connectivity index (χ0n) is 11.2. The highest BCUT2D eigenvalue weighted by atomic mass is 16.4. The number of piperidine rings is 1. The van der Waals surface area contributed by atoms with Gasteiger partial charge in [0.25, 0.3) is 6.01 Å². The van der Waals surface area contributed by atoms with E-state index in [1.807, 2.05) is 7.05 Å². The summed E-state index contributed by atoms with van der Waals surface area (Å²) in [7, 11) is 1.92. The number of oxazole rings is 1. The topological polar surface area (TPSA) is 41.3 Å². The molecule has 0 aliphatic carbocycles. The first-order valence-corrected chi connectivity index (χ1v) is 6.47. The lowest BCUT2D eigenvalue weighted by Crippen LogP contribution is -2.46. The van der Waals surface area contributed by atoms with Crippen molar-refractivity contribution in [1.29, 1.82) is 0 Å². The van der Waals surface area contributed by atoms with E-state index >= 15 is 0 Å². The van der Waals surface area contributed by atoms with Crippen LogP contribution in [0.3, 0.4) is 0 Å². The molecule has 4 heteroatoms. The van der Waals surface area contributed by atoms with Gasteiger partial charge in [0.2, 0.25) is 0 Å². The second-order valence-electron chi connectivity index (χ2n) is 5.36. The summed E-state index contributed by atoms with van der Waals surface area (Å²) in [5.41, 5.74) is 0.973. The number of rotatable bonds is 3. The van der Waals surface area contributed by atoms with E-state index in [1.165, 1.54) is 6.42 Å². The van der Waals surface area contributed by atoms with Crippen LogP contribution in [-0.2, 0) is 6.54 Å². The summed E-state index contributed by atoms with van der Waals surface area (Å²) < 4.78 is 5.60. The molecule has 4 nitrogen and oxygen atoms in total. The first kappa shape index (κ1) is 12.4. The summed E-state index contributed by atoms with van der Waals surface area (Å²) in [6, 6.07) is 1.29.